The molecule has 0 atom stereocenters. The molecule has 1 saturated heterocycles. The molecule has 4 amide bonds. The highest BCUT2D eigenvalue weighted by atomic mass is 79.9. The van der Waals surface area contributed by atoms with Crippen LogP contribution in [-0.4, -0.2) is 31.1 Å². The number of urea groups is 1. The lowest BCUT2D eigenvalue weighted by Crippen LogP contribution is -2.54. The molecule has 35 heavy (non-hydrogen) atoms. The van der Waals surface area contributed by atoms with Gasteiger partial charge in [0.25, 0.3) is 11.8 Å². The van der Waals surface area contributed by atoms with Crippen molar-refractivity contribution in [3.63, 3.8) is 0 Å². The van der Waals surface area contributed by atoms with Crippen LogP contribution in [-0.2, 0) is 9.59 Å². The van der Waals surface area contributed by atoms with Crippen LogP contribution in [0, 0.1) is 13.8 Å². The summed E-state index contributed by atoms with van der Waals surface area (Å²) >= 11 is 3.32. The number of benzene rings is 3. The highest BCUT2D eigenvalue weighted by Gasteiger charge is 2.36. The minimum Gasteiger partial charge on any atom is -0.490 e. The molecule has 0 aromatic heterocycles. The van der Waals surface area contributed by atoms with E-state index in [1.807, 2.05) is 26.0 Å². The number of amides is 4. The molecule has 3 aromatic rings. The number of barbiturate groups is 1. The van der Waals surface area contributed by atoms with Crippen molar-refractivity contribution in [1.29, 1.82) is 0 Å². The predicted octanol–water partition coefficient (Wildman–Crippen LogP) is 5.19. The molecule has 4 rings (SSSR count). The summed E-state index contributed by atoms with van der Waals surface area (Å²) in [7, 11) is 0. The van der Waals surface area contributed by atoms with Crippen molar-refractivity contribution in [3.8, 4) is 11.5 Å². The average molecular weight is 535 g/mol. The van der Waals surface area contributed by atoms with Crippen LogP contribution in [0.4, 0.5) is 10.5 Å². The monoisotopic (exact) mass is 534 g/mol. The molecule has 8 heteroatoms. The SMILES string of the molecule is Cc1ccc(OCCOc2ccc(/C=C3/C(=O)NC(=O)N(c4ccc(Br)cc4)C3=O)cc2)c(C)c1. The quantitative estimate of drug-likeness (QED) is 0.256. The Balaban J connectivity index is 1.39. The Morgan fingerprint density at radius 2 is 1.57 bits per heavy atom. The Kier molecular flexibility index (Phi) is 7.31. The Labute approximate surface area is 211 Å². The lowest BCUT2D eigenvalue weighted by molar-refractivity contribution is -0.122. The molecule has 0 unspecified atom stereocenters. The van der Waals surface area contributed by atoms with Gasteiger partial charge in [0.2, 0.25) is 0 Å². The van der Waals surface area contributed by atoms with E-state index in [1.54, 1.807) is 48.5 Å². The maximum Gasteiger partial charge on any atom is 0.335 e. The molecule has 1 N–H and O–H groups in total. The second-order valence-corrected chi connectivity index (χ2v) is 8.88. The van der Waals surface area contributed by atoms with Gasteiger partial charge in [-0.1, -0.05) is 45.8 Å². The molecule has 3 aromatic carbocycles. The molecule has 0 aliphatic carbocycles. The fraction of sp³-hybridized carbons (Fsp3) is 0.148. The molecule has 7 nitrogen and oxygen atoms in total. The summed E-state index contributed by atoms with van der Waals surface area (Å²) in [6.07, 6.45) is 1.45. The first-order chi connectivity index (χ1) is 16.8. The summed E-state index contributed by atoms with van der Waals surface area (Å²) in [6, 6.07) is 18.8. The second kappa shape index (κ2) is 10.6. The number of halogens is 1. The summed E-state index contributed by atoms with van der Waals surface area (Å²) in [5, 5.41) is 2.22. The third-order valence-corrected chi connectivity index (χ3v) is 5.85. The second-order valence-electron chi connectivity index (χ2n) is 7.97. The van der Waals surface area contributed by atoms with Crippen molar-refractivity contribution in [1.82, 2.24) is 5.32 Å². The van der Waals surface area contributed by atoms with E-state index in [0.717, 1.165) is 20.7 Å². The minimum atomic E-state index is -0.786. The number of anilines is 1. The van der Waals surface area contributed by atoms with E-state index in [-0.39, 0.29) is 5.57 Å². The molecule has 0 bridgehead atoms. The van der Waals surface area contributed by atoms with Crippen LogP contribution in [0.5, 0.6) is 11.5 Å². The third-order valence-electron chi connectivity index (χ3n) is 5.32. The standard InChI is InChI=1S/C27H23BrN2O5/c1-17-3-12-24(18(2)15-17)35-14-13-34-22-10-4-19(5-11-22)16-23-25(31)29-27(33)30(26(23)32)21-8-6-20(28)7-9-21/h3-12,15-16H,13-14H2,1-2H3,(H,29,31,33)/b23-16-. The normalized spacial score (nSPS) is 14.8. The van der Waals surface area contributed by atoms with E-state index in [4.69, 9.17) is 9.47 Å². The van der Waals surface area contributed by atoms with E-state index in [1.165, 1.54) is 11.6 Å². The zero-order valence-electron chi connectivity index (χ0n) is 19.2. The molecule has 178 valence electrons. The topological polar surface area (TPSA) is 84.9 Å². The van der Waals surface area contributed by atoms with Gasteiger partial charge in [-0.15, -0.1) is 0 Å². The predicted molar refractivity (Wildman–Crippen MR) is 136 cm³/mol. The first-order valence-corrected chi connectivity index (χ1v) is 11.7. The third kappa shape index (κ3) is 5.78. The first kappa shape index (κ1) is 24.2. The molecule has 0 radical (unpaired) electrons. The number of nitrogens with zero attached hydrogens (tertiary/aromatic N) is 1. The zero-order valence-corrected chi connectivity index (χ0v) is 20.8. The van der Waals surface area contributed by atoms with E-state index < -0.39 is 17.8 Å². The Bertz CT molecular complexity index is 1300. The van der Waals surface area contributed by atoms with E-state index >= 15 is 0 Å². The molecule has 1 fully saturated rings. The van der Waals surface area contributed by atoms with Crippen molar-refractivity contribution in [2.75, 3.05) is 18.1 Å². The zero-order chi connectivity index (χ0) is 24.9. The fourth-order valence-corrected chi connectivity index (χ4v) is 3.85. The van der Waals surface area contributed by atoms with Gasteiger partial charge in [-0.05, 0) is 73.5 Å². The van der Waals surface area contributed by atoms with Crippen LogP contribution >= 0.6 is 15.9 Å². The molecule has 1 heterocycles. The van der Waals surface area contributed by atoms with Crippen LogP contribution in [0.3, 0.4) is 0 Å². The Hall–Kier alpha value is -3.91. The molecule has 0 saturated carbocycles. The summed E-state index contributed by atoms with van der Waals surface area (Å²) in [6.45, 7) is 4.79. The van der Waals surface area contributed by atoms with Gasteiger partial charge in [-0.3, -0.25) is 14.9 Å². The van der Waals surface area contributed by atoms with E-state index in [2.05, 4.69) is 27.3 Å². The molecule has 1 aliphatic rings. The maximum atomic E-state index is 13.0. The number of rotatable bonds is 7. The highest BCUT2D eigenvalue weighted by Crippen LogP contribution is 2.24. The van der Waals surface area contributed by atoms with Gasteiger partial charge in [0, 0.05) is 4.47 Å². The van der Waals surface area contributed by atoms with Gasteiger partial charge in [-0.2, -0.15) is 0 Å². The number of imide groups is 2. The first-order valence-electron chi connectivity index (χ1n) is 10.9. The van der Waals surface area contributed by atoms with Crippen LogP contribution < -0.4 is 19.7 Å². The smallest absolute Gasteiger partial charge is 0.335 e. The van der Waals surface area contributed by atoms with Crippen molar-refractivity contribution >= 4 is 45.5 Å². The number of aryl methyl sites for hydroxylation is 2. The van der Waals surface area contributed by atoms with Crippen molar-refractivity contribution < 1.29 is 23.9 Å². The van der Waals surface area contributed by atoms with Crippen molar-refractivity contribution in [3.05, 3.63) is 93.5 Å². The van der Waals surface area contributed by atoms with Gasteiger partial charge >= 0.3 is 6.03 Å². The summed E-state index contributed by atoms with van der Waals surface area (Å²) in [4.78, 5) is 38.6. The van der Waals surface area contributed by atoms with E-state index in [9.17, 15) is 14.4 Å². The number of hydrogen-bond acceptors (Lipinski definition) is 5. The maximum absolute atomic E-state index is 13.0. The number of ether oxygens (including phenoxy) is 2. The minimum absolute atomic E-state index is 0.136. The van der Waals surface area contributed by atoms with Gasteiger partial charge in [-0.25, -0.2) is 9.69 Å². The highest BCUT2D eigenvalue weighted by molar-refractivity contribution is 9.10. The fourth-order valence-electron chi connectivity index (χ4n) is 3.58. The van der Waals surface area contributed by atoms with Crippen LogP contribution in [0.1, 0.15) is 16.7 Å². The van der Waals surface area contributed by atoms with Crippen molar-refractivity contribution in [2.24, 2.45) is 0 Å². The summed E-state index contributed by atoms with van der Waals surface area (Å²) < 4.78 is 12.3. The summed E-state index contributed by atoms with van der Waals surface area (Å²) in [5.74, 6) is 0.0249. The number of carbonyl (C=O) groups excluding carboxylic acids is 3. The average Bonchev–Trinajstić information content (AvgIpc) is 2.82. The van der Waals surface area contributed by atoms with Crippen molar-refractivity contribution in [2.45, 2.75) is 13.8 Å². The van der Waals surface area contributed by atoms with Crippen LogP contribution in [0.15, 0.2) is 76.8 Å². The summed E-state index contributed by atoms with van der Waals surface area (Å²) in [5.41, 5.74) is 3.10. The van der Waals surface area contributed by atoms with Gasteiger partial charge in [0.05, 0.1) is 5.69 Å². The Morgan fingerprint density at radius 3 is 2.26 bits per heavy atom. The lowest BCUT2D eigenvalue weighted by atomic mass is 10.1. The lowest BCUT2D eigenvalue weighted by Gasteiger charge is -2.26. The van der Waals surface area contributed by atoms with Crippen LogP contribution in [0.25, 0.3) is 6.08 Å². The number of nitrogens with one attached hydrogen (secondary N) is 1. The number of carbonyl (C=O) groups is 3. The van der Waals surface area contributed by atoms with Gasteiger partial charge in [0.1, 0.15) is 30.3 Å². The Morgan fingerprint density at radius 1 is 0.886 bits per heavy atom. The largest absolute Gasteiger partial charge is 0.490 e. The molecular weight excluding hydrogens is 512 g/mol. The molecule has 0 spiro atoms. The van der Waals surface area contributed by atoms with Crippen LogP contribution in [0.2, 0.25) is 0 Å². The van der Waals surface area contributed by atoms with Gasteiger partial charge < -0.3 is 9.47 Å². The van der Waals surface area contributed by atoms with E-state index in [0.29, 0.717) is 30.2 Å². The molecule has 1 aliphatic heterocycles. The number of hydrogen-bond donors (Lipinski definition) is 1. The van der Waals surface area contributed by atoms with Gasteiger partial charge in [0.15, 0.2) is 0 Å². The molecular formula is C27H23BrN2O5.